The first-order valence-electron chi connectivity index (χ1n) is 9.19. The smallest absolute Gasteiger partial charge is 0.251 e. The van der Waals surface area contributed by atoms with Crippen LogP contribution >= 0.6 is 0 Å². The summed E-state index contributed by atoms with van der Waals surface area (Å²) in [6.07, 6.45) is 5.29. The number of aromatic nitrogens is 2. The summed E-state index contributed by atoms with van der Waals surface area (Å²) in [5, 5.41) is 5.69. The van der Waals surface area contributed by atoms with Crippen LogP contribution in [0.15, 0.2) is 36.7 Å². The van der Waals surface area contributed by atoms with Gasteiger partial charge in [0, 0.05) is 37.1 Å². The largest absolute Gasteiger partial charge is 0.350 e. The first kappa shape index (κ1) is 18.8. The minimum Gasteiger partial charge on any atom is -0.350 e. The van der Waals surface area contributed by atoms with Gasteiger partial charge in [0.05, 0.1) is 6.54 Å². The quantitative estimate of drug-likeness (QED) is 0.838. The Morgan fingerprint density at radius 1 is 1.15 bits per heavy atom. The first-order valence-corrected chi connectivity index (χ1v) is 9.19. The summed E-state index contributed by atoms with van der Waals surface area (Å²) < 4.78 is 0. The van der Waals surface area contributed by atoms with Gasteiger partial charge in [0.15, 0.2) is 0 Å². The van der Waals surface area contributed by atoms with Crippen LogP contribution in [0.5, 0.6) is 0 Å². The van der Waals surface area contributed by atoms with Gasteiger partial charge < -0.3 is 15.5 Å². The molecule has 1 saturated heterocycles. The van der Waals surface area contributed by atoms with Crippen LogP contribution in [0.2, 0.25) is 0 Å². The van der Waals surface area contributed by atoms with Crippen LogP contribution < -0.4 is 15.5 Å². The van der Waals surface area contributed by atoms with Crippen LogP contribution in [0, 0.1) is 13.8 Å². The standard InChI is InChI=1S/C20H25N5O2/c1-14-9-15(2)11-16(10-14)19(27)23-12-18(26)24-17-5-3-8-25(13-17)20-21-6-4-7-22-20/h4,6-7,9-11,17H,3,5,8,12-13H2,1-2H3,(H,23,27)(H,24,26)/t17-/m0/s1. The van der Waals surface area contributed by atoms with Crippen molar-refractivity contribution in [2.45, 2.75) is 32.7 Å². The third kappa shape index (κ3) is 5.26. The molecule has 1 aromatic carbocycles. The molecule has 2 heterocycles. The summed E-state index contributed by atoms with van der Waals surface area (Å²) in [5.41, 5.74) is 2.62. The third-order valence-electron chi connectivity index (χ3n) is 4.51. The van der Waals surface area contributed by atoms with Gasteiger partial charge in [-0.05, 0) is 44.9 Å². The van der Waals surface area contributed by atoms with Crippen LogP contribution in [0.1, 0.15) is 34.3 Å². The van der Waals surface area contributed by atoms with E-state index in [2.05, 4.69) is 25.5 Å². The van der Waals surface area contributed by atoms with Crippen molar-refractivity contribution in [2.24, 2.45) is 0 Å². The van der Waals surface area contributed by atoms with Crippen molar-refractivity contribution in [3.63, 3.8) is 0 Å². The molecule has 1 fully saturated rings. The Balaban J connectivity index is 1.49. The number of nitrogens with zero attached hydrogens (tertiary/aromatic N) is 3. The number of piperidine rings is 1. The number of amides is 2. The van der Waals surface area contributed by atoms with Crippen molar-refractivity contribution in [2.75, 3.05) is 24.5 Å². The second-order valence-electron chi connectivity index (χ2n) is 6.96. The summed E-state index contributed by atoms with van der Waals surface area (Å²) >= 11 is 0. The van der Waals surface area contributed by atoms with E-state index >= 15 is 0 Å². The van der Waals surface area contributed by atoms with Gasteiger partial charge in [-0.1, -0.05) is 17.2 Å². The summed E-state index contributed by atoms with van der Waals surface area (Å²) in [5.74, 6) is 0.257. The van der Waals surface area contributed by atoms with Crippen LogP contribution in [0.25, 0.3) is 0 Å². The number of hydrogen-bond donors (Lipinski definition) is 2. The highest BCUT2D eigenvalue weighted by Crippen LogP contribution is 2.15. The molecular formula is C20H25N5O2. The van der Waals surface area contributed by atoms with Crippen molar-refractivity contribution < 1.29 is 9.59 Å². The summed E-state index contributed by atoms with van der Waals surface area (Å²) in [6, 6.07) is 7.45. The number of benzene rings is 1. The summed E-state index contributed by atoms with van der Waals surface area (Å²) in [6.45, 7) is 5.40. The average molecular weight is 367 g/mol. The molecule has 0 aliphatic carbocycles. The number of rotatable bonds is 5. The molecule has 0 bridgehead atoms. The molecule has 0 radical (unpaired) electrons. The highest BCUT2D eigenvalue weighted by Gasteiger charge is 2.23. The maximum Gasteiger partial charge on any atom is 0.251 e. The van der Waals surface area contributed by atoms with Gasteiger partial charge in [0.25, 0.3) is 5.91 Å². The van der Waals surface area contributed by atoms with E-state index < -0.39 is 0 Å². The fourth-order valence-corrected chi connectivity index (χ4v) is 3.38. The van der Waals surface area contributed by atoms with Crippen molar-refractivity contribution in [1.29, 1.82) is 0 Å². The van der Waals surface area contributed by atoms with E-state index in [-0.39, 0.29) is 24.4 Å². The van der Waals surface area contributed by atoms with Crippen molar-refractivity contribution in [3.05, 3.63) is 53.3 Å². The molecule has 2 aromatic rings. The Morgan fingerprint density at radius 3 is 2.56 bits per heavy atom. The van der Waals surface area contributed by atoms with E-state index in [9.17, 15) is 9.59 Å². The monoisotopic (exact) mass is 367 g/mol. The van der Waals surface area contributed by atoms with Gasteiger partial charge in [-0.3, -0.25) is 9.59 Å². The SMILES string of the molecule is Cc1cc(C)cc(C(=O)NCC(=O)N[C@H]2CCCN(c3ncccn3)C2)c1. The summed E-state index contributed by atoms with van der Waals surface area (Å²) in [7, 11) is 0. The number of hydrogen-bond acceptors (Lipinski definition) is 5. The topological polar surface area (TPSA) is 87.2 Å². The molecule has 1 aliphatic rings. The molecule has 1 aromatic heterocycles. The molecule has 2 N–H and O–H groups in total. The number of carbonyl (C=O) groups excluding carboxylic acids is 2. The predicted octanol–water partition coefficient (Wildman–Crippen LogP) is 1.61. The second kappa shape index (κ2) is 8.62. The molecule has 2 amide bonds. The fourth-order valence-electron chi connectivity index (χ4n) is 3.38. The van der Waals surface area contributed by atoms with Gasteiger partial charge >= 0.3 is 0 Å². The molecule has 1 atom stereocenters. The van der Waals surface area contributed by atoms with E-state index in [0.29, 0.717) is 18.1 Å². The minimum atomic E-state index is -0.236. The molecule has 0 spiro atoms. The molecule has 1 aliphatic heterocycles. The van der Waals surface area contributed by atoms with Crippen molar-refractivity contribution in [1.82, 2.24) is 20.6 Å². The van der Waals surface area contributed by atoms with Crippen molar-refractivity contribution >= 4 is 17.8 Å². The van der Waals surface area contributed by atoms with E-state index in [1.54, 1.807) is 18.5 Å². The van der Waals surface area contributed by atoms with Gasteiger partial charge in [0.1, 0.15) is 0 Å². The average Bonchev–Trinajstić information content (AvgIpc) is 2.66. The Bertz CT molecular complexity index is 789. The Kier molecular flexibility index (Phi) is 6.01. The lowest BCUT2D eigenvalue weighted by Crippen LogP contribution is -2.50. The Hall–Kier alpha value is -2.96. The molecule has 27 heavy (non-hydrogen) atoms. The minimum absolute atomic E-state index is 0.0215. The lowest BCUT2D eigenvalue weighted by atomic mass is 10.1. The highest BCUT2D eigenvalue weighted by molar-refractivity contribution is 5.96. The molecule has 7 heteroatoms. The second-order valence-corrected chi connectivity index (χ2v) is 6.96. The van der Waals surface area contributed by atoms with Gasteiger partial charge in [-0.25, -0.2) is 9.97 Å². The molecular weight excluding hydrogens is 342 g/mol. The van der Waals surface area contributed by atoms with E-state index in [0.717, 1.165) is 30.5 Å². The molecule has 0 unspecified atom stereocenters. The third-order valence-corrected chi connectivity index (χ3v) is 4.51. The van der Waals surface area contributed by atoms with Gasteiger partial charge in [-0.15, -0.1) is 0 Å². The highest BCUT2D eigenvalue weighted by atomic mass is 16.2. The Labute approximate surface area is 159 Å². The fraction of sp³-hybridized carbons (Fsp3) is 0.400. The lowest BCUT2D eigenvalue weighted by molar-refractivity contribution is -0.120. The van der Waals surface area contributed by atoms with Gasteiger partial charge in [-0.2, -0.15) is 0 Å². The zero-order valence-corrected chi connectivity index (χ0v) is 15.7. The number of nitrogens with one attached hydrogen (secondary N) is 2. The summed E-state index contributed by atoms with van der Waals surface area (Å²) in [4.78, 5) is 35.1. The number of aryl methyl sites for hydroxylation is 2. The number of carbonyl (C=O) groups is 2. The van der Waals surface area contributed by atoms with Gasteiger partial charge in [0.2, 0.25) is 11.9 Å². The zero-order chi connectivity index (χ0) is 19.2. The Morgan fingerprint density at radius 2 is 1.85 bits per heavy atom. The maximum absolute atomic E-state index is 12.3. The molecule has 7 nitrogen and oxygen atoms in total. The van der Waals surface area contributed by atoms with Crippen LogP contribution in [0.3, 0.4) is 0 Å². The van der Waals surface area contributed by atoms with Crippen LogP contribution in [-0.4, -0.2) is 47.5 Å². The van der Waals surface area contributed by atoms with E-state index in [1.807, 2.05) is 32.0 Å². The van der Waals surface area contributed by atoms with Crippen LogP contribution in [0.4, 0.5) is 5.95 Å². The predicted molar refractivity (Wildman–Crippen MR) is 104 cm³/mol. The van der Waals surface area contributed by atoms with E-state index in [4.69, 9.17) is 0 Å². The molecule has 142 valence electrons. The lowest BCUT2D eigenvalue weighted by Gasteiger charge is -2.33. The molecule has 0 saturated carbocycles. The van der Waals surface area contributed by atoms with E-state index in [1.165, 1.54) is 0 Å². The normalized spacial score (nSPS) is 16.7. The van der Waals surface area contributed by atoms with Crippen LogP contribution in [-0.2, 0) is 4.79 Å². The molecule has 3 rings (SSSR count). The van der Waals surface area contributed by atoms with Crippen molar-refractivity contribution in [3.8, 4) is 0 Å². The maximum atomic E-state index is 12.3. The first-order chi connectivity index (χ1) is 13.0. The zero-order valence-electron chi connectivity index (χ0n) is 15.7. The number of anilines is 1.